The summed E-state index contributed by atoms with van der Waals surface area (Å²) in [6, 6.07) is 6.37. The van der Waals surface area contributed by atoms with E-state index in [0.29, 0.717) is 17.8 Å². The molecule has 1 N–H and O–H groups in total. The molecule has 1 saturated carbocycles. The summed E-state index contributed by atoms with van der Waals surface area (Å²) in [7, 11) is 1.64. The normalized spacial score (nSPS) is 27.0. The predicted molar refractivity (Wildman–Crippen MR) is 137 cm³/mol. The fraction of sp³-hybridized carbons (Fsp3) is 0.600. The van der Waals surface area contributed by atoms with Crippen LogP contribution in [-0.2, 0) is 9.59 Å². The van der Waals surface area contributed by atoms with E-state index in [-0.39, 0.29) is 24.4 Å². The number of thioether (sulfide) groups is 1. The number of rotatable bonds is 7. The van der Waals surface area contributed by atoms with Crippen LogP contribution >= 0.6 is 27.7 Å². The molecule has 3 fully saturated rings. The molecule has 180 valence electrons. The highest BCUT2D eigenvalue weighted by Crippen LogP contribution is 2.42. The van der Waals surface area contributed by atoms with Crippen molar-refractivity contribution in [2.24, 2.45) is 0 Å². The average molecular weight is 537 g/mol. The third kappa shape index (κ3) is 5.77. The van der Waals surface area contributed by atoms with Gasteiger partial charge in [0.2, 0.25) is 5.91 Å². The summed E-state index contributed by atoms with van der Waals surface area (Å²) in [5.41, 5.74) is 0.943. The average Bonchev–Trinajstić information content (AvgIpc) is 3.28. The summed E-state index contributed by atoms with van der Waals surface area (Å²) in [6.07, 6.45) is 8.62. The number of carbonyl (C=O) groups excluding carboxylic acids is 2. The predicted octanol–water partition coefficient (Wildman–Crippen LogP) is 4.29. The molecule has 2 saturated heterocycles. The number of ether oxygens (including phenoxy) is 1. The van der Waals surface area contributed by atoms with Gasteiger partial charge in [0.1, 0.15) is 12.3 Å². The highest BCUT2D eigenvalue weighted by molar-refractivity contribution is 9.10. The van der Waals surface area contributed by atoms with E-state index >= 15 is 0 Å². The van der Waals surface area contributed by atoms with Gasteiger partial charge in [-0.2, -0.15) is 0 Å². The van der Waals surface area contributed by atoms with Crippen LogP contribution in [0.3, 0.4) is 0 Å². The van der Waals surface area contributed by atoms with Gasteiger partial charge in [-0.3, -0.25) is 14.5 Å². The number of hydrogen-bond donors (Lipinski definition) is 1. The molecule has 0 radical (unpaired) electrons. The van der Waals surface area contributed by atoms with E-state index in [2.05, 4.69) is 33.1 Å². The third-order valence-corrected chi connectivity index (χ3v) is 9.06. The SMILES string of the molecule is CCN1CCCC1CNC(=O)CN1C(=O)/C(=C\c2ccc(OC)c(Br)c2)SC2CCCCC21. The highest BCUT2D eigenvalue weighted by Gasteiger charge is 2.41. The number of methoxy groups -OCH3 is 1. The van der Waals surface area contributed by atoms with Crippen LogP contribution in [-0.4, -0.2) is 72.2 Å². The Morgan fingerprint density at radius 2 is 2.09 bits per heavy atom. The maximum atomic E-state index is 13.5. The molecule has 2 aliphatic heterocycles. The molecular weight excluding hydrogens is 502 g/mol. The summed E-state index contributed by atoms with van der Waals surface area (Å²) in [5.74, 6) is 0.685. The fourth-order valence-corrected chi connectivity index (χ4v) is 7.30. The van der Waals surface area contributed by atoms with Crippen molar-refractivity contribution >= 4 is 45.6 Å². The Labute approximate surface area is 209 Å². The van der Waals surface area contributed by atoms with Gasteiger partial charge in [-0.1, -0.05) is 25.8 Å². The minimum atomic E-state index is -0.0472. The lowest BCUT2D eigenvalue weighted by Gasteiger charge is -2.43. The number of likely N-dealkylation sites (N-methyl/N-ethyl adjacent to an activating group) is 1. The lowest BCUT2D eigenvalue weighted by atomic mass is 9.93. The molecule has 0 aromatic heterocycles. The Morgan fingerprint density at radius 3 is 2.85 bits per heavy atom. The molecule has 8 heteroatoms. The largest absolute Gasteiger partial charge is 0.496 e. The van der Waals surface area contributed by atoms with Crippen LogP contribution in [0, 0.1) is 0 Å². The zero-order valence-corrected chi connectivity index (χ0v) is 21.9. The van der Waals surface area contributed by atoms with Crippen LogP contribution < -0.4 is 10.1 Å². The van der Waals surface area contributed by atoms with Crippen molar-refractivity contribution in [3.63, 3.8) is 0 Å². The highest BCUT2D eigenvalue weighted by atomic mass is 79.9. The lowest BCUT2D eigenvalue weighted by molar-refractivity contribution is -0.135. The van der Waals surface area contributed by atoms with Gasteiger partial charge in [0.15, 0.2) is 0 Å². The number of halogens is 1. The van der Waals surface area contributed by atoms with Crippen LogP contribution in [0.1, 0.15) is 51.0 Å². The molecular formula is C25H34BrN3O3S. The zero-order valence-electron chi connectivity index (χ0n) is 19.5. The number of nitrogens with zero attached hydrogens (tertiary/aromatic N) is 2. The van der Waals surface area contributed by atoms with Crippen LogP contribution in [0.2, 0.25) is 0 Å². The van der Waals surface area contributed by atoms with Gasteiger partial charge in [-0.15, -0.1) is 11.8 Å². The first-order chi connectivity index (χ1) is 16.0. The van der Waals surface area contributed by atoms with Crippen LogP contribution in [0.4, 0.5) is 0 Å². The Hall–Kier alpha value is -1.51. The number of nitrogens with one attached hydrogen (secondary N) is 1. The fourth-order valence-electron chi connectivity index (χ4n) is 5.27. The molecule has 1 aliphatic carbocycles. The van der Waals surface area contributed by atoms with E-state index in [1.807, 2.05) is 29.2 Å². The first kappa shape index (κ1) is 24.6. The van der Waals surface area contributed by atoms with Crippen LogP contribution in [0.25, 0.3) is 6.08 Å². The third-order valence-electron chi connectivity index (χ3n) is 7.05. The van der Waals surface area contributed by atoms with Crippen molar-refractivity contribution in [3.8, 4) is 5.75 Å². The number of hydrogen-bond acceptors (Lipinski definition) is 5. The molecule has 0 spiro atoms. The Morgan fingerprint density at radius 1 is 1.27 bits per heavy atom. The topological polar surface area (TPSA) is 61.9 Å². The Kier molecular flexibility index (Phi) is 8.41. The first-order valence-electron chi connectivity index (χ1n) is 12.0. The first-order valence-corrected chi connectivity index (χ1v) is 13.7. The van der Waals surface area contributed by atoms with Gasteiger partial charge in [-0.05, 0) is 78.5 Å². The summed E-state index contributed by atoms with van der Waals surface area (Å²) in [4.78, 5) is 31.4. The maximum Gasteiger partial charge on any atom is 0.261 e. The van der Waals surface area contributed by atoms with Crippen molar-refractivity contribution in [2.45, 2.75) is 62.8 Å². The van der Waals surface area contributed by atoms with Gasteiger partial charge < -0.3 is 15.0 Å². The number of amides is 2. The second-order valence-electron chi connectivity index (χ2n) is 9.07. The quantitative estimate of drug-likeness (QED) is 0.527. The van der Waals surface area contributed by atoms with E-state index < -0.39 is 0 Å². The molecule has 3 aliphatic rings. The van der Waals surface area contributed by atoms with E-state index in [1.54, 1.807) is 18.9 Å². The standard InChI is InChI=1S/C25H34BrN3O3S/c1-3-28-12-6-7-18(28)15-27-24(30)16-29-20-8-4-5-9-22(20)33-23(25(29)31)14-17-10-11-21(32-2)19(26)13-17/h10-11,13-14,18,20,22H,3-9,12,15-16H2,1-2H3,(H,27,30)/b23-14+. The molecule has 3 unspecified atom stereocenters. The number of fused-ring (bicyclic) bond motifs is 1. The Bertz CT molecular complexity index is 909. The minimum Gasteiger partial charge on any atom is -0.496 e. The summed E-state index contributed by atoms with van der Waals surface area (Å²) in [5, 5.41) is 3.47. The molecule has 0 bridgehead atoms. The van der Waals surface area contributed by atoms with Gasteiger partial charge in [0, 0.05) is 23.9 Å². The Balaban J connectivity index is 1.47. The number of likely N-dealkylation sites (tertiary alicyclic amines) is 1. The second kappa shape index (κ2) is 11.3. The van der Waals surface area contributed by atoms with E-state index in [0.717, 1.165) is 59.5 Å². The van der Waals surface area contributed by atoms with Crippen molar-refractivity contribution in [1.82, 2.24) is 15.1 Å². The second-order valence-corrected chi connectivity index (χ2v) is 11.2. The molecule has 2 amide bonds. The smallest absolute Gasteiger partial charge is 0.261 e. The molecule has 1 aromatic carbocycles. The van der Waals surface area contributed by atoms with Crippen LogP contribution in [0.15, 0.2) is 27.6 Å². The summed E-state index contributed by atoms with van der Waals surface area (Å²) < 4.78 is 6.17. The van der Waals surface area contributed by atoms with E-state index in [9.17, 15) is 9.59 Å². The van der Waals surface area contributed by atoms with Crippen molar-refractivity contribution < 1.29 is 14.3 Å². The monoisotopic (exact) mass is 535 g/mol. The van der Waals surface area contributed by atoms with Gasteiger partial charge in [0.25, 0.3) is 5.91 Å². The van der Waals surface area contributed by atoms with Crippen LogP contribution in [0.5, 0.6) is 5.75 Å². The maximum absolute atomic E-state index is 13.5. The summed E-state index contributed by atoms with van der Waals surface area (Å²) in [6.45, 7) is 5.10. The lowest BCUT2D eigenvalue weighted by Crippen LogP contribution is -2.55. The van der Waals surface area contributed by atoms with Crippen molar-refractivity contribution in [1.29, 1.82) is 0 Å². The van der Waals surface area contributed by atoms with Gasteiger partial charge in [-0.25, -0.2) is 0 Å². The molecule has 2 heterocycles. The molecule has 33 heavy (non-hydrogen) atoms. The number of benzene rings is 1. The molecule has 6 nitrogen and oxygen atoms in total. The summed E-state index contributed by atoms with van der Waals surface area (Å²) >= 11 is 5.22. The van der Waals surface area contributed by atoms with E-state index in [4.69, 9.17) is 4.74 Å². The molecule has 3 atom stereocenters. The molecule has 4 rings (SSSR count). The van der Waals surface area contributed by atoms with Crippen molar-refractivity contribution in [3.05, 3.63) is 33.1 Å². The van der Waals surface area contributed by atoms with E-state index in [1.165, 1.54) is 12.8 Å². The molecule has 1 aromatic rings. The van der Waals surface area contributed by atoms with Crippen molar-refractivity contribution in [2.75, 3.05) is 33.3 Å². The van der Waals surface area contributed by atoms with Gasteiger partial charge in [0.05, 0.1) is 16.5 Å². The minimum absolute atomic E-state index is 0.0266. The van der Waals surface area contributed by atoms with Gasteiger partial charge >= 0.3 is 0 Å². The number of carbonyl (C=O) groups is 2. The zero-order chi connectivity index (χ0) is 23.4.